The molecule has 5 heteroatoms. The van der Waals surface area contributed by atoms with E-state index in [1.54, 1.807) is 0 Å². The summed E-state index contributed by atoms with van der Waals surface area (Å²) in [7, 11) is 0. The molecule has 2 atom stereocenters. The Morgan fingerprint density at radius 1 is 1.60 bits per heavy atom. The first-order valence-electron chi connectivity index (χ1n) is 2.84. The molecule has 0 bridgehead atoms. The Kier molecular flexibility index (Phi) is 3.63. The Morgan fingerprint density at radius 2 is 2.20 bits per heavy atom. The van der Waals surface area contributed by atoms with Gasteiger partial charge in [0, 0.05) is 13.0 Å². The molecule has 60 valence electrons. The van der Waals surface area contributed by atoms with Crippen LogP contribution in [0, 0.1) is 0 Å². The maximum absolute atomic E-state index is 10.2. The monoisotopic (exact) mass is 167 g/mol. The summed E-state index contributed by atoms with van der Waals surface area (Å²) < 4.78 is 0. The predicted molar refractivity (Wildman–Crippen MR) is 37.3 cm³/mol. The second kappa shape index (κ2) is 3.75. The van der Waals surface area contributed by atoms with Crippen LogP contribution < -0.4 is 5.32 Å². The first kappa shape index (κ1) is 9.68. The average Bonchev–Trinajstić information content (AvgIpc) is 2.14. The maximum atomic E-state index is 10.2. The van der Waals surface area contributed by atoms with Crippen molar-refractivity contribution in [1.82, 2.24) is 5.32 Å². The number of aliphatic hydroxyl groups is 1. The van der Waals surface area contributed by atoms with Crippen LogP contribution in [0.25, 0.3) is 0 Å². The van der Waals surface area contributed by atoms with Gasteiger partial charge in [-0.2, -0.15) is 0 Å². The molecular formula is C5H10ClNO3. The van der Waals surface area contributed by atoms with E-state index in [2.05, 4.69) is 5.32 Å². The van der Waals surface area contributed by atoms with Crippen LogP contribution in [0.1, 0.15) is 6.42 Å². The van der Waals surface area contributed by atoms with E-state index < -0.39 is 18.1 Å². The summed E-state index contributed by atoms with van der Waals surface area (Å²) in [5, 5.41) is 19.8. The van der Waals surface area contributed by atoms with Crippen molar-refractivity contribution >= 4 is 18.4 Å². The molecule has 1 aliphatic heterocycles. The molecule has 4 nitrogen and oxygen atoms in total. The van der Waals surface area contributed by atoms with Crippen LogP contribution >= 0.6 is 12.4 Å². The second-order valence-corrected chi connectivity index (χ2v) is 2.19. The van der Waals surface area contributed by atoms with Crippen molar-refractivity contribution in [3.05, 3.63) is 0 Å². The van der Waals surface area contributed by atoms with E-state index in [1.807, 2.05) is 0 Å². The largest absolute Gasteiger partial charge is 0.480 e. The van der Waals surface area contributed by atoms with Crippen LogP contribution in [0.3, 0.4) is 0 Å². The number of aliphatic carboxylic acids is 1. The van der Waals surface area contributed by atoms with E-state index in [1.165, 1.54) is 0 Å². The quantitative estimate of drug-likeness (QED) is 0.479. The molecule has 0 aliphatic carbocycles. The van der Waals surface area contributed by atoms with Gasteiger partial charge < -0.3 is 15.5 Å². The summed E-state index contributed by atoms with van der Waals surface area (Å²) in [6.45, 7) is 0.400. The van der Waals surface area contributed by atoms with Crippen LogP contribution in [0.2, 0.25) is 0 Å². The van der Waals surface area contributed by atoms with E-state index in [-0.39, 0.29) is 12.4 Å². The minimum atomic E-state index is -0.883. The lowest BCUT2D eigenvalue weighted by atomic mass is 10.2. The SMILES string of the molecule is Cl.O=C(O)[C@@H]1C[C@H](O)CN1. The van der Waals surface area contributed by atoms with Crippen LogP contribution in [-0.2, 0) is 4.79 Å². The van der Waals surface area contributed by atoms with Gasteiger partial charge in [0.2, 0.25) is 0 Å². The van der Waals surface area contributed by atoms with Crippen molar-refractivity contribution in [2.75, 3.05) is 6.54 Å². The number of halogens is 1. The van der Waals surface area contributed by atoms with Gasteiger partial charge in [0.1, 0.15) is 6.04 Å². The average molecular weight is 168 g/mol. The lowest BCUT2D eigenvalue weighted by molar-refractivity contribution is -0.139. The predicted octanol–water partition coefficient (Wildman–Crippen LogP) is -0.784. The second-order valence-electron chi connectivity index (χ2n) is 2.19. The van der Waals surface area contributed by atoms with Crippen molar-refractivity contribution in [3.8, 4) is 0 Å². The zero-order valence-electron chi connectivity index (χ0n) is 5.28. The van der Waals surface area contributed by atoms with E-state index in [9.17, 15) is 4.79 Å². The highest BCUT2D eigenvalue weighted by molar-refractivity contribution is 5.85. The molecule has 10 heavy (non-hydrogen) atoms. The van der Waals surface area contributed by atoms with Gasteiger partial charge in [-0.05, 0) is 0 Å². The standard InChI is InChI=1S/C5H9NO3.ClH/c7-3-1-4(5(8)9)6-2-3;/h3-4,6-7H,1-2H2,(H,8,9);1H/t3-,4-;/m0./s1. The molecular weight excluding hydrogens is 158 g/mol. The topological polar surface area (TPSA) is 69.6 Å². The number of nitrogens with one attached hydrogen (secondary N) is 1. The molecule has 0 saturated carbocycles. The Balaban J connectivity index is 0.000000810. The van der Waals surface area contributed by atoms with Crippen LogP contribution in [0.4, 0.5) is 0 Å². The Labute approximate surface area is 64.6 Å². The van der Waals surface area contributed by atoms with E-state index in [0.29, 0.717) is 13.0 Å². The highest BCUT2D eigenvalue weighted by Gasteiger charge is 2.27. The van der Waals surface area contributed by atoms with Crippen LogP contribution in [0.5, 0.6) is 0 Å². The fraction of sp³-hybridized carbons (Fsp3) is 0.800. The number of hydrogen-bond donors (Lipinski definition) is 3. The van der Waals surface area contributed by atoms with Crippen molar-refractivity contribution in [1.29, 1.82) is 0 Å². The minimum Gasteiger partial charge on any atom is -0.480 e. The number of carbonyl (C=O) groups is 1. The van der Waals surface area contributed by atoms with Gasteiger partial charge in [-0.15, -0.1) is 12.4 Å². The van der Waals surface area contributed by atoms with Gasteiger partial charge in [0.05, 0.1) is 6.10 Å². The van der Waals surface area contributed by atoms with Crippen LogP contribution in [0.15, 0.2) is 0 Å². The molecule has 0 aromatic carbocycles. The first-order chi connectivity index (χ1) is 4.20. The molecule has 0 amide bonds. The molecule has 1 fully saturated rings. The number of rotatable bonds is 1. The van der Waals surface area contributed by atoms with Crippen molar-refractivity contribution in [2.45, 2.75) is 18.6 Å². The number of carboxylic acids is 1. The molecule has 3 N–H and O–H groups in total. The van der Waals surface area contributed by atoms with E-state index in [4.69, 9.17) is 10.2 Å². The third-order valence-corrected chi connectivity index (χ3v) is 1.41. The van der Waals surface area contributed by atoms with Crippen molar-refractivity contribution < 1.29 is 15.0 Å². The summed E-state index contributed by atoms with van der Waals surface area (Å²) in [6, 6.07) is -0.542. The van der Waals surface area contributed by atoms with Gasteiger partial charge in [-0.1, -0.05) is 0 Å². The number of β-amino-alcohol motifs (C(OH)–C–C–N with tert-alkyl or cyclic N) is 1. The molecule has 0 aromatic rings. The molecule has 0 radical (unpaired) electrons. The summed E-state index contributed by atoms with van der Waals surface area (Å²) in [6.07, 6.45) is -0.152. The Morgan fingerprint density at radius 3 is 2.40 bits per heavy atom. The van der Waals surface area contributed by atoms with Crippen LogP contribution in [-0.4, -0.2) is 34.9 Å². The van der Waals surface area contributed by atoms with Gasteiger partial charge in [0.15, 0.2) is 0 Å². The third kappa shape index (κ3) is 2.13. The fourth-order valence-corrected chi connectivity index (χ4v) is 0.905. The molecule has 0 aromatic heterocycles. The number of hydrogen-bond acceptors (Lipinski definition) is 3. The highest BCUT2D eigenvalue weighted by Crippen LogP contribution is 2.05. The number of aliphatic hydroxyl groups excluding tert-OH is 1. The number of carboxylic acid groups (broad SMARTS) is 1. The molecule has 1 heterocycles. The smallest absolute Gasteiger partial charge is 0.320 e. The Hall–Kier alpha value is -0.320. The minimum absolute atomic E-state index is 0. The fourth-order valence-electron chi connectivity index (χ4n) is 0.905. The molecule has 0 unspecified atom stereocenters. The molecule has 0 spiro atoms. The first-order valence-corrected chi connectivity index (χ1v) is 2.84. The van der Waals surface area contributed by atoms with Crippen molar-refractivity contribution in [3.63, 3.8) is 0 Å². The normalized spacial score (nSPS) is 31.3. The summed E-state index contributed by atoms with van der Waals surface area (Å²) in [5.74, 6) is -0.883. The van der Waals surface area contributed by atoms with E-state index >= 15 is 0 Å². The maximum Gasteiger partial charge on any atom is 0.320 e. The van der Waals surface area contributed by atoms with Gasteiger partial charge in [-0.25, -0.2) is 0 Å². The Bertz CT molecular complexity index is 130. The summed E-state index contributed by atoms with van der Waals surface area (Å²) in [5.41, 5.74) is 0. The van der Waals surface area contributed by atoms with E-state index in [0.717, 1.165) is 0 Å². The summed E-state index contributed by atoms with van der Waals surface area (Å²) >= 11 is 0. The molecule has 1 aliphatic rings. The third-order valence-electron chi connectivity index (χ3n) is 1.41. The summed E-state index contributed by atoms with van der Waals surface area (Å²) in [4.78, 5) is 10.2. The lowest BCUT2D eigenvalue weighted by Crippen LogP contribution is -2.29. The van der Waals surface area contributed by atoms with Gasteiger partial charge in [0.25, 0.3) is 0 Å². The highest BCUT2D eigenvalue weighted by atomic mass is 35.5. The molecule has 1 rings (SSSR count). The molecule has 1 saturated heterocycles. The van der Waals surface area contributed by atoms with Gasteiger partial charge in [-0.3, -0.25) is 4.79 Å². The zero-order chi connectivity index (χ0) is 6.85. The van der Waals surface area contributed by atoms with Gasteiger partial charge >= 0.3 is 5.97 Å². The van der Waals surface area contributed by atoms with Crippen molar-refractivity contribution in [2.24, 2.45) is 0 Å². The lowest BCUT2D eigenvalue weighted by Gasteiger charge is -1.99. The zero-order valence-corrected chi connectivity index (χ0v) is 6.10.